The normalized spacial score (nSPS) is 25.4. The molecule has 0 aromatic rings. The van der Waals surface area contributed by atoms with Crippen LogP contribution in [-0.2, 0) is 21.1 Å². The van der Waals surface area contributed by atoms with Gasteiger partial charge in [0.2, 0.25) is 0 Å². The van der Waals surface area contributed by atoms with Crippen LogP contribution < -0.4 is 0 Å². The molecule has 0 amide bonds. The van der Waals surface area contributed by atoms with Gasteiger partial charge in [0.25, 0.3) is 0 Å². The zero-order valence-corrected chi connectivity index (χ0v) is 12.0. The summed E-state index contributed by atoms with van der Waals surface area (Å²) in [4.78, 5) is 7.03. The Balaban J connectivity index is 0.000000722. The summed E-state index contributed by atoms with van der Waals surface area (Å²) in [5.74, 6) is 1.27. The van der Waals surface area contributed by atoms with Crippen molar-refractivity contribution in [3.63, 3.8) is 0 Å². The van der Waals surface area contributed by atoms with Crippen LogP contribution in [0.3, 0.4) is 0 Å². The number of aliphatic imine (C=N–C) groups is 1. The monoisotopic (exact) mass is 413 g/mol. The summed E-state index contributed by atoms with van der Waals surface area (Å²) in [6, 6.07) is 0.540. The van der Waals surface area contributed by atoms with Crippen LogP contribution in [0.15, 0.2) is 40.7 Å². The third-order valence-electron chi connectivity index (χ3n) is 3.39. The molecule has 3 aliphatic rings. The summed E-state index contributed by atoms with van der Waals surface area (Å²) in [7, 11) is 0. The Kier molecular flexibility index (Phi) is 5.35. The summed E-state index contributed by atoms with van der Waals surface area (Å²) in [5, 5.41) is 0. The standard InChI is InChI=1S/C13H16N2.H2O.Pt/c1-2-6-12(7-3-1)15-10-8-11-5-4-9-14-13(11)15;;/h1-3,6,9,12H,4-5,7-8,10H2;1H2;/t12-;;/m0../s1. The van der Waals surface area contributed by atoms with Gasteiger partial charge in [0.15, 0.2) is 0 Å². The van der Waals surface area contributed by atoms with E-state index in [4.69, 9.17) is 0 Å². The first-order valence-electron chi connectivity index (χ1n) is 5.80. The van der Waals surface area contributed by atoms with E-state index in [1.54, 1.807) is 5.57 Å². The second-order valence-electron chi connectivity index (χ2n) is 4.34. The van der Waals surface area contributed by atoms with Crippen molar-refractivity contribution >= 4 is 6.21 Å². The molecule has 2 N–H and O–H groups in total. The quantitative estimate of drug-likeness (QED) is 0.647. The average Bonchev–Trinajstić information content (AvgIpc) is 2.74. The van der Waals surface area contributed by atoms with Crippen molar-refractivity contribution in [3.8, 4) is 0 Å². The van der Waals surface area contributed by atoms with Gasteiger partial charge in [0.05, 0.1) is 6.04 Å². The minimum atomic E-state index is 0. The first-order chi connectivity index (χ1) is 7.45. The van der Waals surface area contributed by atoms with Crippen LogP contribution in [0, 0.1) is 0 Å². The molecule has 17 heavy (non-hydrogen) atoms. The number of nitrogens with zero attached hydrogens (tertiary/aromatic N) is 2. The molecule has 1 atom stereocenters. The molecule has 4 heteroatoms. The first kappa shape index (κ1) is 14.4. The van der Waals surface area contributed by atoms with E-state index in [-0.39, 0.29) is 26.5 Å². The molecule has 0 bridgehead atoms. The van der Waals surface area contributed by atoms with Crippen LogP contribution in [0.2, 0.25) is 0 Å². The zero-order chi connectivity index (χ0) is 10.1. The minimum absolute atomic E-state index is 0. The second-order valence-corrected chi connectivity index (χ2v) is 4.34. The molecule has 96 valence electrons. The van der Waals surface area contributed by atoms with Crippen molar-refractivity contribution in [1.29, 1.82) is 0 Å². The van der Waals surface area contributed by atoms with Gasteiger partial charge in [-0.25, -0.2) is 4.99 Å². The molecule has 0 radical (unpaired) electrons. The van der Waals surface area contributed by atoms with Crippen LogP contribution in [0.4, 0.5) is 0 Å². The van der Waals surface area contributed by atoms with E-state index in [0.29, 0.717) is 6.04 Å². The van der Waals surface area contributed by atoms with Gasteiger partial charge in [-0.1, -0.05) is 24.3 Å². The first-order valence-corrected chi connectivity index (χ1v) is 5.80. The predicted octanol–water partition coefficient (Wildman–Crippen LogP) is 1.83. The van der Waals surface area contributed by atoms with Crippen LogP contribution in [0.25, 0.3) is 0 Å². The van der Waals surface area contributed by atoms with Crippen LogP contribution in [0.1, 0.15) is 25.7 Å². The van der Waals surface area contributed by atoms with E-state index in [2.05, 4.69) is 40.4 Å². The molecular formula is C13H18N2OPt. The van der Waals surface area contributed by atoms with Gasteiger partial charge in [-0.2, -0.15) is 0 Å². The van der Waals surface area contributed by atoms with Crippen molar-refractivity contribution < 1.29 is 26.5 Å². The Morgan fingerprint density at radius 1 is 1.24 bits per heavy atom. The van der Waals surface area contributed by atoms with Gasteiger partial charge in [0.1, 0.15) is 5.82 Å². The van der Waals surface area contributed by atoms with Crippen molar-refractivity contribution in [2.75, 3.05) is 6.54 Å². The largest absolute Gasteiger partial charge is 0.412 e. The molecule has 0 aromatic carbocycles. The van der Waals surface area contributed by atoms with Gasteiger partial charge in [-0.3, -0.25) is 0 Å². The number of allylic oxidation sites excluding steroid dienone is 2. The maximum Gasteiger partial charge on any atom is 0.127 e. The summed E-state index contributed by atoms with van der Waals surface area (Å²) in [6.45, 7) is 1.16. The van der Waals surface area contributed by atoms with E-state index < -0.39 is 0 Å². The van der Waals surface area contributed by atoms with E-state index in [1.165, 1.54) is 18.7 Å². The maximum absolute atomic E-state index is 4.57. The van der Waals surface area contributed by atoms with Crippen molar-refractivity contribution in [2.45, 2.75) is 31.7 Å². The van der Waals surface area contributed by atoms with E-state index in [9.17, 15) is 0 Å². The molecule has 0 aromatic heterocycles. The van der Waals surface area contributed by atoms with Gasteiger partial charge in [-0.15, -0.1) is 0 Å². The average molecular weight is 413 g/mol. The fourth-order valence-corrected chi connectivity index (χ4v) is 2.59. The zero-order valence-electron chi connectivity index (χ0n) is 9.71. The Labute approximate surface area is 117 Å². The fraction of sp³-hybridized carbons (Fsp3) is 0.462. The second kappa shape index (κ2) is 6.32. The maximum atomic E-state index is 4.57. The Bertz CT molecular complexity index is 385. The van der Waals surface area contributed by atoms with E-state index >= 15 is 0 Å². The van der Waals surface area contributed by atoms with Gasteiger partial charge in [0, 0.05) is 33.8 Å². The topological polar surface area (TPSA) is 47.1 Å². The third-order valence-corrected chi connectivity index (χ3v) is 3.39. The van der Waals surface area contributed by atoms with Crippen LogP contribution >= 0.6 is 0 Å². The van der Waals surface area contributed by atoms with Gasteiger partial charge in [-0.05, 0) is 31.3 Å². The van der Waals surface area contributed by atoms with E-state index in [1.807, 2.05) is 0 Å². The Hall–Kier alpha value is -0.662. The van der Waals surface area contributed by atoms with Crippen molar-refractivity contribution in [1.82, 2.24) is 4.90 Å². The molecule has 0 saturated heterocycles. The Morgan fingerprint density at radius 3 is 2.88 bits per heavy atom. The van der Waals surface area contributed by atoms with Gasteiger partial charge >= 0.3 is 0 Å². The summed E-state index contributed by atoms with van der Waals surface area (Å²) in [5.41, 5.74) is 1.57. The van der Waals surface area contributed by atoms with Gasteiger partial charge < -0.3 is 10.4 Å². The molecule has 2 heterocycles. The molecule has 1 aliphatic carbocycles. The molecule has 2 aliphatic heterocycles. The minimum Gasteiger partial charge on any atom is -0.412 e. The van der Waals surface area contributed by atoms with E-state index in [0.717, 1.165) is 19.4 Å². The van der Waals surface area contributed by atoms with Crippen molar-refractivity contribution in [3.05, 3.63) is 35.7 Å². The summed E-state index contributed by atoms with van der Waals surface area (Å²) < 4.78 is 0. The number of hydrogen-bond donors (Lipinski definition) is 0. The predicted molar refractivity (Wildman–Crippen MR) is 66.4 cm³/mol. The molecule has 0 fully saturated rings. The Morgan fingerprint density at radius 2 is 2.12 bits per heavy atom. The van der Waals surface area contributed by atoms with Crippen molar-refractivity contribution in [2.24, 2.45) is 4.99 Å². The fourth-order valence-electron chi connectivity index (χ4n) is 2.59. The van der Waals surface area contributed by atoms with Crippen LogP contribution in [-0.4, -0.2) is 29.2 Å². The number of hydrogen-bond acceptors (Lipinski definition) is 2. The molecule has 3 nitrogen and oxygen atoms in total. The summed E-state index contributed by atoms with van der Waals surface area (Å²) in [6.07, 6.45) is 15.6. The van der Waals surface area contributed by atoms with Crippen LogP contribution in [0.5, 0.6) is 0 Å². The third kappa shape index (κ3) is 2.78. The molecule has 3 rings (SSSR count). The SMILES string of the molecule is C1=CC[C@@H](N2CCC3=C2N=CCC3)C=C1.O.[Pt]. The molecule has 0 spiro atoms. The smallest absolute Gasteiger partial charge is 0.127 e. The molecule has 0 unspecified atom stereocenters. The molecular weight excluding hydrogens is 395 g/mol. The summed E-state index contributed by atoms with van der Waals surface area (Å²) >= 11 is 0. The number of rotatable bonds is 1. The molecule has 0 saturated carbocycles.